The summed E-state index contributed by atoms with van der Waals surface area (Å²) in [5.74, 6) is -1.90. The summed E-state index contributed by atoms with van der Waals surface area (Å²) in [5.41, 5.74) is 4.26. The molecule has 2 aromatic heterocycles. The van der Waals surface area contributed by atoms with Gasteiger partial charge < -0.3 is 5.32 Å². The van der Waals surface area contributed by atoms with E-state index < -0.39 is 11.6 Å². The highest BCUT2D eigenvalue weighted by Gasteiger charge is 2.10. The number of rotatable bonds is 4. The number of hydrogen-bond acceptors (Lipinski definition) is 3. The standard InChI is InChI=1S/C21H16F2N4O/c1-13(28)25-16-4-2-3-15(11-16)20-12-24-21-8-6-17(26-27(20)21)9-14-5-7-18(22)19(23)10-14/h2-8,10-12H,9H2,1H3,(H,25,28). The molecular weight excluding hydrogens is 362 g/mol. The molecule has 1 N–H and O–H groups in total. The van der Waals surface area contributed by atoms with E-state index in [-0.39, 0.29) is 5.91 Å². The van der Waals surface area contributed by atoms with Gasteiger partial charge in [-0.15, -0.1) is 0 Å². The van der Waals surface area contributed by atoms with Crippen LogP contribution < -0.4 is 5.32 Å². The Morgan fingerprint density at radius 2 is 1.93 bits per heavy atom. The molecule has 4 aromatic rings. The third-order valence-corrected chi connectivity index (χ3v) is 4.27. The lowest BCUT2D eigenvalue weighted by atomic mass is 10.1. The van der Waals surface area contributed by atoms with Crippen molar-refractivity contribution < 1.29 is 13.6 Å². The Bertz CT molecular complexity index is 1190. The van der Waals surface area contributed by atoms with Crippen LogP contribution in [0.1, 0.15) is 18.2 Å². The van der Waals surface area contributed by atoms with Crippen molar-refractivity contribution in [2.45, 2.75) is 13.3 Å². The predicted molar refractivity (Wildman–Crippen MR) is 102 cm³/mol. The number of anilines is 1. The van der Waals surface area contributed by atoms with E-state index in [4.69, 9.17) is 0 Å². The van der Waals surface area contributed by atoms with E-state index in [9.17, 15) is 13.6 Å². The topological polar surface area (TPSA) is 59.3 Å². The molecular formula is C21H16F2N4O. The number of nitrogens with zero attached hydrogens (tertiary/aromatic N) is 3. The van der Waals surface area contributed by atoms with Crippen LogP contribution in [-0.4, -0.2) is 20.5 Å². The Labute approximate surface area is 159 Å². The van der Waals surface area contributed by atoms with Gasteiger partial charge >= 0.3 is 0 Å². The maximum absolute atomic E-state index is 13.5. The number of halogens is 2. The quantitative estimate of drug-likeness (QED) is 0.578. The Morgan fingerprint density at radius 1 is 1.07 bits per heavy atom. The highest BCUT2D eigenvalue weighted by Crippen LogP contribution is 2.24. The molecule has 0 radical (unpaired) electrons. The summed E-state index contributed by atoms with van der Waals surface area (Å²) < 4.78 is 28.3. The van der Waals surface area contributed by atoms with E-state index in [2.05, 4.69) is 15.4 Å². The number of aromatic nitrogens is 3. The van der Waals surface area contributed by atoms with Crippen molar-refractivity contribution in [2.75, 3.05) is 5.32 Å². The summed E-state index contributed by atoms with van der Waals surface area (Å²) in [6.07, 6.45) is 2.06. The molecule has 5 nitrogen and oxygen atoms in total. The zero-order valence-electron chi connectivity index (χ0n) is 15.0. The van der Waals surface area contributed by atoms with E-state index >= 15 is 0 Å². The number of hydrogen-bond donors (Lipinski definition) is 1. The van der Waals surface area contributed by atoms with Gasteiger partial charge in [-0.1, -0.05) is 18.2 Å². The monoisotopic (exact) mass is 378 g/mol. The van der Waals surface area contributed by atoms with Crippen LogP contribution in [0.2, 0.25) is 0 Å². The second-order valence-electron chi connectivity index (χ2n) is 6.43. The summed E-state index contributed by atoms with van der Waals surface area (Å²) in [6.45, 7) is 1.45. The second-order valence-corrected chi connectivity index (χ2v) is 6.43. The van der Waals surface area contributed by atoms with Crippen molar-refractivity contribution in [1.82, 2.24) is 14.6 Å². The molecule has 0 aliphatic heterocycles. The summed E-state index contributed by atoms with van der Waals surface area (Å²) >= 11 is 0. The number of carbonyl (C=O) groups excluding carboxylic acids is 1. The zero-order chi connectivity index (χ0) is 19.7. The molecule has 0 saturated heterocycles. The molecule has 0 fully saturated rings. The van der Waals surface area contributed by atoms with Crippen LogP contribution in [0.25, 0.3) is 16.9 Å². The van der Waals surface area contributed by atoms with Crippen LogP contribution in [0.15, 0.2) is 60.8 Å². The third kappa shape index (κ3) is 3.59. The maximum Gasteiger partial charge on any atom is 0.221 e. The van der Waals surface area contributed by atoms with E-state index in [1.165, 1.54) is 19.1 Å². The summed E-state index contributed by atoms with van der Waals surface area (Å²) in [5, 5.41) is 7.35. The molecule has 0 bridgehead atoms. The minimum Gasteiger partial charge on any atom is -0.326 e. The fourth-order valence-electron chi connectivity index (χ4n) is 3.02. The number of fused-ring (bicyclic) bond motifs is 1. The van der Waals surface area contributed by atoms with Crippen LogP contribution in [0.3, 0.4) is 0 Å². The third-order valence-electron chi connectivity index (χ3n) is 4.27. The van der Waals surface area contributed by atoms with E-state index in [1.807, 2.05) is 24.3 Å². The molecule has 0 saturated carbocycles. The number of amides is 1. The number of benzene rings is 2. The van der Waals surface area contributed by atoms with Gasteiger partial charge in [0, 0.05) is 24.6 Å². The van der Waals surface area contributed by atoms with Gasteiger partial charge in [0.15, 0.2) is 17.3 Å². The van der Waals surface area contributed by atoms with Crippen molar-refractivity contribution in [2.24, 2.45) is 0 Å². The van der Waals surface area contributed by atoms with Crippen LogP contribution in [0.5, 0.6) is 0 Å². The van der Waals surface area contributed by atoms with Gasteiger partial charge in [-0.2, -0.15) is 5.10 Å². The Kier molecular flexibility index (Phi) is 4.57. The van der Waals surface area contributed by atoms with Gasteiger partial charge in [0.2, 0.25) is 5.91 Å². The molecule has 7 heteroatoms. The van der Waals surface area contributed by atoms with E-state index in [1.54, 1.807) is 22.8 Å². The molecule has 28 heavy (non-hydrogen) atoms. The van der Waals surface area contributed by atoms with Gasteiger partial charge in [-0.25, -0.2) is 18.3 Å². The highest BCUT2D eigenvalue weighted by atomic mass is 19.2. The highest BCUT2D eigenvalue weighted by molar-refractivity contribution is 5.89. The lowest BCUT2D eigenvalue weighted by Crippen LogP contribution is -2.05. The molecule has 0 unspecified atom stereocenters. The first-order valence-electron chi connectivity index (χ1n) is 8.65. The zero-order valence-corrected chi connectivity index (χ0v) is 15.0. The normalized spacial score (nSPS) is 11.0. The summed E-state index contributed by atoms with van der Waals surface area (Å²) in [6, 6.07) is 14.8. The number of imidazole rings is 1. The lowest BCUT2D eigenvalue weighted by Gasteiger charge is -2.07. The average molecular weight is 378 g/mol. The number of nitrogens with one attached hydrogen (secondary N) is 1. The molecule has 4 rings (SSSR count). The Hall–Kier alpha value is -3.61. The minimum absolute atomic E-state index is 0.151. The van der Waals surface area contributed by atoms with Crippen molar-refractivity contribution in [3.05, 3.63) is 83.7 Å². The molecule has 2 aromatic carbocycles. The molecule has 0 aliphatic rings. The van der Waals surface area contributed by atoms with Crippen LogP contribution in [0, 0.1) is 11.6 Å². The van der Waals surface area contributed by atoms with Crippen LogP contribution >= 0.6 is 0 Å². The van der Waals surface area contributed by atoms with Gasteiger partial charge in [-0.3, -0.25) is 4.79 Å². The summed E-state index contributed by atoms with van der Waals surface area (Å²) in [4.78, 5) is 15.7. The molecule has 0 aliphatic carbocycles. The Morgan fingerprint density at radius 3 is 2.71 bits per heavy atom. The van der Waals surface area contributed by atoms with Crippen LogP contribution in [-0.2, 0) is 11.2 Å². The first-order chi connectivity index (χ1) is 13.5. The maximum atomic E-state index is 13.5. The van der Waals surface area contributed by atoms with Gasteiger partial charge in [0.1, 0.15) is 0 Å². The van der Waals surface area contributed by atoms with Crippen molar-refractivity contribution in [3.63, 3.8) is 0 Å². The van der Waals surface area contributed by atoms with E-state index in [0.717, 1.165) is 17.3 Å². The van der Waals surface area contributed by atoms with Gasteiger partial charge in [-0.05, 0) is 42.0 Å². The lowest BCUT2D eigenvalue weighted by molar-refractivity contribution is -0.114. The first-order valence-corrected chi connectivity index (χ1v) is 8.65. The molecule has 1 amide bonds. The molecule has 0 atom stereocenters. The first kappa shape index (κ1) is 17.8. The Balaban J connectivity index is 1.70. The molecule has 2 heterocycles. The van der Waals surface area contributed by atoms with Crippen LogP contribution in [0.4, 0.5) is 14.5 Å². The fraction of sp³-hybridized carbons (Fsp3) is 0.0952. The molecule has 0 spiro atoms. The predicted octanol–water partition coefficient (Wildman–Crippen LogP) is 4.22. The number of carbonyl (C=O) groups is 1. The van der Waals surface area contributed by atoms with Crippen molar-refractivity contribution in [3.8, 4) is 11.3 Å². The molecule has 140 valence electrons. The fourth-order valence-corrected chi connectivity index (χ4v) is 3.02. The summed E-state index contributed by atoms with van der Waals surface area (Å²) in [7, 11) is 0. The SMILES string of the molecule is CC(=O)Nc1cccc(-c2cnc3ccc(Cc4ccc(F)c(F)c4)nn23)c1. The second kappa shape index (κ2) is 7.19. The van der Waals surface area contributed by atoms with Crippen molar-refractivity contribution in [1.29, 1.82) is 0 Å². The van der Waals surface area contributed by atoms with Gasteiger partial charge in [0.05, 0.1) is 17.6 Å². The smallest absolute Gasteiger partial charge is 0.221 e. The van der Waals surface area contributed by atoms with E-state index in [0.29, 0.717) is 29.0 Å². The van der Waals surface area contributed by atoms with Gasteiger partial charge in [0.25, 0.3) is 0 Å². The average Bonchev–Trinajstić information content (AvgIpc) is 3.08. The van der Waals surface area contributed by atoms with Crippen molar-refractivity contribution >= 4 is 17.2 Å². The minimum atomic E-state index is -0.878. The largest absolute Gasteiger partial charge is 0.326 e.